The van der Waals surface area contributed by atoms with Crippen LogP contribution in [0.25, 0.3) is 0 Å². The third-order valence-corrected chi connectivity index (χ3v) is 7.01. The maximum atomic E-state index is 13.2. The Labute approximate surface area is 175 Å². The second kappa shape index (κ2) is 9.53. The van der Waals surface area contributed by atoms with Crippen molar-refractivity contribution in [2.24, 2.45) is 0 Å². The zero-order valence-corrected chi connectivity index (χ0v) is 17.6. The number of benzene rings is 2. The van der Waals surface area contributed by atoms with E-state index in [1.807, 2.05) is 0 Å². The Morgan fingerprint density at radius 3 is 2.23 bits per heavy atom. The van der Waals surface area contributed by atoms with Gasteiger partial charge in [0.05, 0.1) is 11.4 Å². The minimum Gasteiger partial charge on any atom is -0.376 e. The van der Waals surface area contributed by atoms with Crippen molar-refractivity contribution < 1.29 is 22.0 Å². The minimum atomic E-state index is -3.66. The monoisotopic (exact) mass is 437 g/mol. The van der Waals surface area contributed by atoms with Crippen LogP contribution in [0.2, 0.25) is 0 Å². The Bertz CT molecular complexity index is 1000. The van der Waals surface area contributed by atoms with Gasteiger partial charge in [-0.25, -0.2) is 17.2 Å². The molecule has 3 rings (SSSR count). The molecule has 1 heterocycles. The van der Waals surface area contributed by atoms with Crippen LogP contribution in [0.5, 0.6) is 0 Å². The number of hydrogen-bond acceptors (Lipinski definition) is 4. The lowest BCUT2D eigenvalue weighted by atomic mass is 10.2. The molecule has 0 radical (unpaired) electrons. The SMILES string of the molecule is Cc1ccc(NC(=O)CNc2cc(F)cc(F)c2)cc1S(=O)(=O)N1CCCCCC1. The molecular formula is C21H25F2N3O3S. The molecule has 0 bridgehead atoms. The lowest BCUT2D eigenvalue weighted by molar-refractivity contribution is -0.114. The third kappa shape index (κ3) is 5.54. The van der Waals surface area contributed by atoms with Crippen molar-refractivity contribution >= 4 is 27.3 Å². The fourth-order valence-corrected chi connectivity index (χ4v) is 5.19. The second-order valence-electron chi connectivity index (χ2n) is 7.36. The molecular weight excluding hydrogens is 412 g/mol. The number of halogens is 2. The lowest BCUT2D eigenvalue weighted by Crippen LogP contribution is -2.32. The predicted octanol–water partition coefficient (Wildman–Crippen LogP) is 3.89. The van der Waals surface area contributed by atoms with Crippen molar-refractivity contribution in [1.82, 2.24) is 4.31 Å². The molecule has 0 saturated carbocycles. The number of sulfonamides is 1. The molecule has 1 aliphatic rings. The van der Waals surface area contributed by atoms with Crippen molar-refractivity contribution in [2.75, 3.05) is 30.3 Å². The van der Waals surface area contributed by atoms with Crippen LogP contribution >= 0.6 is 0 Å². The van der Waals surface area contributed by atoms with Crippen LogP contribution in [-0.2, 0) is 14.8 Å². The van der Waals surface area contributed by atoms with Crippen molar-refractivity contribution in [1.29, 1.82) is 0 Å². The molecule has 0 atom stereocenters. The van der Waals surface area contributed by atoms with Gasteiger partial charge in [-0.1, -0.05) is 18.9 Å². The molecule has 0 unspecified atom stereocenters. The van der Waals surface area contributed by atoms with Gasteiger partial charge in [0.15, 0.2) is 0 Å². The van der Waals surface area contributed by atoms with E-state index in [4.69, 9.17) is 0 Å². The normalized spacial score (nSPS) is 15.4. The highest BCUT2D eigenvalue weighted by molar-refractivity contribution is 7.89. The van der Waals surface area contributed by atoms with E-state index in [1.54, 1.807) is 19.1 Å². The highest BCUT2D eigenvalue weighted by Gasteiger charge is 2.27. The molecule has 0 aliphatic carbocycles. The van der Waals surface area contributed by atoms with Crippen molar-refractivity contribution in [2.45, 2.75) is 37.5 Å². The summed E-state index contributed by atoms with van der Waals surface area (Å²) in [6, 6.07) is 7.62. The molecule has 1 amide bonds. The number of rotatable bonds is 6. The first-order chi connectivity index (χ1) is 14.3. The van der Waals surface area contributed by atoms with Crippen LogP contribution in [-0.4, -0.2) is 38.3 Å². The average molecular weight is 438 g/mol. The number of nitrogens with one attached hydrogen (secondary N) is 2. The first kappa shape index (κ1) is 22.2. The van der Waals surface area contributed by atoms with Crippen molar-refractivity contribution in [3.8, 4) is 0 Å². The van der Waals surface area contributed by atoms with E-state index in [0.29, 0.717) is 24.3 Å². The van der Waals surface area contributed by atoms with E-state index in [0.717, 1.165) is 43.9 Å². The largest absolute Gasteiger partial charge is 0.376 e. The predicted molar refractivity (Wildman–Crippen MR) is 112 cm³/mol. The van der Waals surface area contributed by atoms with Crippen LogP contribution in [0, 0.1) is 18.6 Å². The molecule has 30 heavy (non-hydrogen) atoms. The number of carbonyl (C=O) groups excluding carboxylic acids is 1. The highest BCUT2D eigenvalue weighted by Crippen LogP contribution is 2.26. The summed E-state index contributed by atoms with van der Waals surface area (Å²) in [5, 5.41) is 5.27. The molecule has 2 aromatic rings. The standard InChI is InChI=1S/C21H25F2N3O3S/c1-15-6-7-18(13-20(15)30(28,29)26-8-4-2-3-5-9-26)25-21(27)14-24-19-11-16(22)10-17(23)12-19/h6-7,10-13,24H,2-5,8-9,14H2,1H3,(H,25,27). The molecule has 162 valence electrons. The van der Waals surface area contributed by atoms with Crippen molar-refractivity contribution in [3.63, 3.8) is 0 Å². The van der Waals surface area contributed by atoms with Crippen LogP contribution in [0.4, 0.5) is 20.2 Å². The molecule has 9 heteroatoms. The summed E-state index contributed by atoms with van der Waals surface area (Å²) < 4.78 is 54.2. The molecule has 6 nitrogen and oxygen atoms in total. The number of aryl methyl sites for hydroxylation is 1. The summed E-state index contributed by atoms with van der Waals surface area (Å²) >= 11 is 0. The van der Waals surface area contributed by atoms with Gasteiger partial charge in [0, 0.05) is 30.5 Å². The van der Waals surface area contributed by atoms with E-state index in [-0.39, 0.29) is 17.1 Å². The first-order valence-electron chi connectivity index (χ1n) is 9.86. The molecule has 2 aromatic carbocycles. The zero-order valence-electron chi connectivity index (χ0n) is 16.7. The van der Waals surface area contributed by atoms with E-state index in [1.165, 1.54) is 10.4 Å². The smallest absolute Gasteiger partial charge is 0.243 e. The second-order valence-corrected chi connectivity index (χ2v) is 9.26. The van der Waals surface area contributed by atoms with Gasteiger partial charge < -0.3 is 10.6 Å². The zero-order chi connectivity index (χ0) is 21.7. The molecule has 2 N–H and O–H groups in total. The van der Waals surface area contributed by atoms with Gasteiger partial charge in [0.25, 0.3) is 0 Å². The van der Waals surface area contributed by atoms with Crippen LogP contribution in [0.3, 0.4) is 0 Å². The number of amides is 1. The van der Waals surface area contributed by atoms with Crippen LogP contribution in [0.1, 0.15) is 31.2 Å². The summed E-state index contributed by atoms with van der Waals surface area (Å²) in [5.41, 5.74) is 1.08. The molecule has 0 aromatic heterocycles. The van der Waals surface area contributed by atoms with Gasteiger partial charge in [-0.2, -0.15) is 4.31 Å². The summed E-state index contributed by atoms with van der Waals surface area (Å²) in [4.78, 5) is 12.4. The van der Waals surface area contributed by atoms with Crippen LogP contribution in [0.15, 0.2) is 41.3 Å². The Balaban J connectivity index is 1.70. The van der Waals surface area contributed by atoms with Gasteiger partial charge in [0.1, 0.15) is 11.6 Å². The van der Waals surface area contributed by atoms with E-state index >= 15 is 0 Å². The fraction of sp³-hybridized carbons (Fsp3) is 0.381. The number of carbonyl (C=O) groups is 1. The number of nitrogens with zero attached hydrogens (tertiary/aromatic N) is 1. The van der Waals surface area contributed by atoms with E-state index < -0.39 is 27.6 Å². The maximum Gasteiger partial charge on any atom is 0.243 e. The fourth-order valence-electron chi connectivity index (χ4n) is 3.42. The molecule has 1 saturated heterocycles. The van der Waals surface area contributed by atoms with Crippen LogP contribution < -0.4 is 10.6 Å². The van der Waals surface area contributed by atoms with Gasteiger partial charge in [-0.3, -0.25) is 4.79 Å². The minimum absolute atomic E-state index is 0.135. The Morgan fingerprint density at radius 1 is 0.967 bits per heavy atom. The number of anilines is 2. The van der Waals surface area contributed by atoms with Crippen molar-refractivity contribution in [3.05, 3.63) is 53.6 Å². The summed E-state index contributed by atoms with van der Waals surface area (Å²) in [6.07, 6.45) is 3.70. The third-order valence-electron chi connectivity index (χ3n) is 4.97. The Kier molecular flexibility index (Phi) is 7.04. The molecule has 1 fully saturated rings. The maximum absolute atomic E-state index is 13.2. The van der Waals surface area contributed by atoms with Gasteiger partial charge in [-0.15, -0.1) is 0 Å². The topological polar surface area (TPSA) is 78.5 Å². The highest BCUT2D eigenvalue weighted by atomic mass is 32.2. The summed E-state index contributed by atoms with van der Waals surface area (Å²) in [5.74, 6) is -1.97. The lowest BCUT2D eigenvalue weighted by Gasteiger charge is -2.21. The average Bonchev–Trinajstić information content (AvgIpc) is 2.97. The van der Waals surface area contributed by atoms with Gasteiger partial charge in [0.2, 0.25) is 15.9 Å². The quantitative estimate of drug-likeness (QED) is 0.719. The molecule has 0 spiro atoms. The van der Waals surface area contributed by atoms with Gasteiger partial charge >= 0.3 is 0 Å². The first-order valence-corrected chi connectivity index (χ1v) is 11.3. The Hall–Kier alpha value is -2.52. The van der Waals surface area contributed by atoms with Gasteiger partial charge in [-0.05, 0) is 49.6 Å². The summed E-state index contributed by atoms with van der Waals surface area (Å²) in [6.45, 7) is 2.47. The van der Waals surface area contributed by atoms with E-state index in [9.17, 15) is 22.0 Å². The molecule has 1 aliphatic heterocycles. The summed E-state index contributed by atoms with van der Waals surface area (Å²) in [7, 11) is -3.66. The number of hydrogen-bond donors (Lipinski definition) is 2. The Morgan fingerprint density at radius 2 is 1.60 bits per heavy atom. The van der Waals surface area contributed by atoms with E-state index in [2.05, 4.69) is 10.6 Å².